The summed E-state index contributed by atoms with van der Waals surface area (Å²) < 4.78 is 0. The number of imidazole rings is 1. The van der Waals surface area contributed by atoms with Crippen molar-refractivity contribution < 1.29 is 9.59 Å². The second kappa shape index (κ2) is 10.1. The maximum absolute atomic E-state index is 12.7. The highest BCUT2D eigenvalue weighted by Gasteiger charge is 2.18. The number of carbonyl (C=O) groups excluding carboxylic acids is 2. The van der Waals surface area contributed by atoms with Crippen molar-refractivity contribution in [3.05, 3.63) is 66.0 Å². The maximum Gasteiger partial charge on any atom is 0.315 e. The highest BCUT2D eigenvalue weighted by molar-refractivity contribution is 5.78. The number of H-pyrrole nitrogens is 1. The molecule has 7 heteroatoms. The standard InChI is InChI=1S/C24H29N5O2/c30-22-10-5-2-6-14-29(22)15-7-13-25-24(31)28-23(18-8-3-1-4-9-18)19-11-12-20-21(16-19)27-17-26-20/h1,3-4,8-9,11-12,16-17,23H,2,5-7,10,13-15H2,(H,26,27)(H2,25,28,31)/t23-/m0/s1. The lowest BCUT2D eigenvalue weighted by atomic mass is 9.98. The Kier molecular flexibility index (Phi) is 6.82. The quantitative estimate of drug-likeness (QED) is 0.510. The van der Waals surface area contributed by atoms with E-state index in [0.717, 1.165) is 54.4 Å². The van der Waals surface area contributed by atoms with Crippen molar-refractivity contribution in [1.29, 1.82) is 0 Å². The number of aromatic amines is 1. The third kappa shape index (κ3) is 5.42. The number of hydrogen-bond acceptors (Lipinski definition) is 3. The van der Waals surface area contributed by atoms with Gasteiger partial charge in [0.25, 0.3) is 0 Å². The number of benzene rings is 2. The minimum absolute atomic E-state index is 0.222. The second-order valence-corrected chi connectivity index (χ2v) is 7.97. The highest BCUT2D eigenvalue weighted by atomic mass is 16.2. The first-order valence-electron chi connectivity index (χ1n) is 11.0. The van der Waals surface area contributed by atoms with E-state index in [2.05, 4.69) is 20.6 Å². The van der Waals surface area contributed by atoms with Gasteiger partial charge in [0.2, 0.25) is 5.91 Å². The Morgan fingerprint density at radius 1 is 1.10 bits per heavy atom. The Morgan fingerprint density at radius 2 is 1.97 bits per heavy atom. The largest absolute Gasteiger partial charge is 0.345 e. The number of aromatic nitrogens is 2. The van der Waals surface area contributed by atoms with Crippen LogP contribution in [-0.4, -0.2) is 46.4 Å². The zero-order valence-corrected chi connectivity index (χ0v) is 17.6. The van der Waals surface area contributed by atoms with Crippen LogP contribution >= 0.6 is 0 Å². The van der Waals surface area contributed by atoms with Crippen molar-refractivity contribution in [2.24, 2.45) is 0 Å². The van der Waals surface area contributed by atoms with Gasteiger partial charge >= 0.3 is 6.03 Å². The van der Waals surface area contributed by atoms with E-state index >= 15 is 0 Å². The number of likely N-dealkylation sites (tertiary alicyclic amines) is 1. The fraction of sp³-hybridized carbons (Fsp3) is 0.375. The minimum Gasteiger partial charge on any atom is -0.345 e. The van der Waals surface area contributed by atoms with Gasteiger partial charge in [0.1, 0.15) is 0 Å². The van der Waals surface area contributed by atoms with Gasteiger partial charge in [-0.25, -0.2) is 9.78 Å². The van der Waals surface area contributed by atoms with Crippen molar-refractivity contribution in [1.82, 2.24) is 25.5 Å². The van der Waals surface area contributed by atoms with Crippen LogP contribution < -0.4 is 10.6 Å². The van der Waals surface area contributed by atoms with E-state index < -0.39 is 0 Å². The predicted octanol–water partition coefficient (Wildman–Crippen LogP) is 3.74. The Hall–Kier alpha value is -3.35. The number of nitrogens with one attached hydrogen (secondary N) is 3. The highest BCUT2D eigenvalue weighted by Crippen LogP contribution is 2.24. The molecule has 3 amide bonds. The summed E-state index contributed by atoms with van der Waals surface area (Å²) in [4.78, 5) is 34.1. The molecule has 1 atom stereocenters. The number of nitrogens with zero attached hydrogens (tertiary/aromatic N) is 2. The van der Waals surface area contributed by atoms with Gasteiger partial charge in [-0.15, -0.1) is 0 Å². The number of rotatable bonds is 7. The molecule has 4 rings (SSSR count). The van der Waals surface area contributed by atoms with Crippen LogP contribution in [0.15, 0.2) is 54.9 Å². The summed E-state index contributed by atoms with van der Waals surface area (Å²) in [5.74, 6) is 0.236. The molecule has 0 unspecified atom stereocenters. The molecule has 0 bridgehead atoms. The van der Waals surface area contributed by atoms with Gasteiger partial charge in [-0.05, 0) is 42.5 Å². The van der Waals surface area contributed by atoms with Gasteiger partial charge in [0.15, 0.2) is 0 Å². The summed E-state index contributed by atoms with van der Waals surface area (Å²) in [6.07, 6.45) is 6.23. The minimum atomic E-state index is -0.277. The second-order valence-electron chi connectivity index (χ2n) is 7.97. The molecule has 162 valence electrons. The first kappa shape index (κ1) is 20.9. The van der Waals surface area contributed by atoms with E-state index in [0.29, 0.717) is 19.5 Å². The molecule has 3 N–H and O–H groups in total. The van der Waals surface area contributed by atoms with Crippen LogP contribution in [0.3, 0.4) is 0 Å². The van der Waals surface area contributed by atoms with Crippen molar-refractivity contribution in [3.63, 3.8) is 0 Å². The Balaban J connectivity index is 1.36. The summed E-state index contributed by atoms with van der Waals surface area (Å²) in [5, 5.41) is 6.05. The van der Waals surface area contributed by atoms with Crippen LogP contribution in [0.25, 0.3) is 11.0 Å². The fourth-order valence-corrected chi connectivity index (χ4v) is 4.07. The van der Waals surface area contributed by atoms with E-state index in [-0.39, 0.29) is 18.0 Å². The Labute approximate surface area is 182 Å². The zero-order chi connectivity index (χ0) is 21.5. The molecule has 31 heavy (non-hydrogen) atoms. The van der Waals surface area contributed by atoms with Crippen LogP contribution in [0.1, 0.15) is 49.3 Å². The number of urea groups is 1. The van der Waals surface area contributed by atoms with E-state index in [9.17, 15) is 9.59 Å². The molecule has 0 spiro atoms. The van der Waals surface area contributed by atoms with Crippen molar-refractivity contribution in [2.45, 2.75) is 38.1 Å². The van der Waals surface area contributed by atoms with Crippen LogP contribution in [0.5, 0.6) is 0 Å². The van der Waals surface area contributed by atoms with Gasteiger partial charge in [-0.2, -0.15) is 0 Å². The predicted molar refractivity (Wildman–Crippen MR) is 121 cm³/mol. The third-order valence-corrected chi connectivity index (χ3v) is 5.75. The first-order chi connectivity index (χ1) is 15.2. The zero-order valence-electron chi connectivity index (χ0n) is 17.6. The molecular weight excluding hydrogens is 390 g/mol. The van der Waals surface area contributed by atoms with E-state index in [1.54, 1.807) is 6.33 Å². The summed E-state index contributed by atoms with van der Waals surface area (Å²) >= 11 is 0. The van der Waals surface area contributed by atoms with Gasteiger partial charge in [-0.1, -0.05) is 42.8 Å². The molecule has 7 nitrogen and oxygen atoms in total. The normalized spacial score (nSPS) is 15.5. The molecule has 2 aromatic carbocycles. The number of carbonyl (C=O) groups is 2. The fourth-order valence-electron chi connectivity index (χ4n) is 4.07. The third-order valence-electron chi connectivity index (χ3n) is 5.75. The van der Waals surface area contributed by atoms with Crippen LogP contribution in [-0.2, 0) is 4.79 Å². The van der Waals surface area contributed by atoms with Gasteiger partial charge in [0, 0.05) is 26.1 Å². The van der Waals surface area contributed by atoms with Gasteiger partial charge in [0.05, 0.1) is 23.4 Å². The molecule has 1 aliphatic heterocycles. The first-order valence-corrected chi connectivity index (χ1v) is 11.0. The molecule has 1 aliphatic rings. The summed E-state index contributed by atoms with van der Waals surface area (Å²) in [6.45, 7) is 2.05. The molecule has 0 radical (unpaired) electrons. The lowest BCUT2D eigenvalue weighted by molar-refractivity contribution is -0.130. The maximum atomic E-state index is 12.7. The van der Waals surface area contributed by atoms with Crippen LogP contribution in [0, 0.1) is 0 Å². The average Bonchev–Trinajstić information content (AvgIpc) is 3.17. The topological polar surface area (TPSA) is 90.1 Å². The molecule has 2 heterocycles. The lowest BCUT2D eigenvalue weighted by Gasteiger charge is -2.22. The summed E-state index contributed by atoms with van der Waals surface area (Å²) in [7, 11) is 0. The van der Waals surface area contributed by atoms with Crippen LogP contribution in [0.2, 0.25) is 0 Å². The number of amides is 3. The summed E-state index contributed by atoms with van der Waals surface area (Å²) in [6, 6.07) is 15.4. The van der Waals surface area contributed by atoms with E-state index in [1.165, 1.54) is 0 Å². The molecular formula is C24H29N5O2. The smallest absolute Gasteiger partial charge is 0.315 e. The molecule has 3 aromatic rings. The SMILES string of the molecule is O=C(NCCCN1CCCCCC1=O)N[C@@H](c1ccccc1)c1ccc2nc[nH]c2c1. The monoisotopic (exact) mass is 419 g/mol. The average molecular weight is 420 g/mol. The van der Waals surface area contributed by atoms with Crippen molar-refractivity contribution in [3.8, 4) is 0 Å². The Morgan fingerprint density at radius 3 is 2.84 bits per heavy atom. The Bertz CT molecular complexity index is 1020. The number of hydrogen-bond donors (Lipinski definition) is 3. The van der Waals surface area contributed by atoms with E-state index in [1.807, 2.05) is 53.4 Å². The molecule has 0 aliphatic carbocycles. The van der Waals surface area contributed by atoms with Gasteiger partial charge < -0.3 is 20.5 Å². The van der Waals surface area contributed by atoms with Crippen LogP contribution in [0.4, 0.5) is 4.79 Å². The van der Waals surface area contributed by atoms with E-state index in [4.69, 9.17) is 0 Å². The van der Waals surface area contributed by atoms with Crippen molar-refractivity contribution in [2.75, 3.05) is 19.6 Å². The van der Waals surface area contributed by atoms with Gasteiger partial charge in [-0.3, -0.25) is 4.79 Å². The summed E-state index contributed by atoms with van der Waals surface area (Å²) in [5.41, 5.74) is 3.81. The molecule has 1 fully saturated rings. The lowest BCUT2D eigenvalue weighted by Crippen LogP contribution is -2.40. The molecule has 1 saturated heterocycles. The number of fused-ring (bicyclic) bond motifs is 1. The van der Waals surface area contributed by atoms with Crippen molar-refractivity contribution >= 4 is 23.0 Å². The molecule has 0 saturated carbocycles. The molecule has 1 aromatic heterocycles.